The lowest BCUT2D eigenvalue weighted by molar-refractivity contribution is -0.115. The standard InChI is InChI=1S/C21H18F2N2O3S/c1-3-14-7-9-16(10-8-14)25(13(2)26)21-24-15(12-29-21)11-28-20(27)19-17(22)5-4-6-18(19)23/h4-10,12H,3,11H2,1-2H3. The van der Waals surface area contributed by atoms with Crippen LogP contribution in [-0.4, -0.2) is 16.9 Å². The second kappa shape index (κ2) is 8.91. The van der Waals surface area contributed by atoms with Gasteiger partial charge in [-0.15, -0.1) is 11.3 Å². The van der Waals surface area contributed by atoms with Crippen LogP contribution in [0.5, 0.6) is 0 Å². The summed E-state index contributed by atoms with van der Waals surface area (Å²) < 4.78 is 32.3. The Labute approximate surface area is 170 Å². The lowest BCUT2D eigenvalue weighted by atomic mass is 10.1. The van der Waals surface area contributed by atoms with Crippen molar-refractivity contribution in [2.45, 2.75) is 26.9 Å². The summed E-state index contributed by atoms with van der Waals surface area (Å²) in [6.45, 7) is 3.19. The molecule has 0 fully saturated rings. The van der Waals surface area contributed by atoms with E-state index >= 15 is 0 Å². The smallest absolute Gasteiger partial charge is 0.344 e. The van der Waals surface area contributed by atoms with Crippen LogP contribution in [0.4, 0.5) is 19.6 Å². The Morgan fingerprint density at radius 2 is 1.76 bits per heavy atom. The Morgan fingerprint density at radius 1 is 1.10 bits per heavy atom. The number of ether oxygens (including phenoxy) is 1. The molecule has 0 saturated carbocycles. The summed E-state index contributed by atoms with van der Waals surface area (Å²) in [7, 11) is 0. The van der Waals surface area contributed by atoms with Crippen molar-refractivity contribution in [3.05, 3.63) is 76.3 Å². The van der Waals surface area contributed by atoms with Gasteiger partial charge in [0.1, 0.15) is 23.8 Å². The third-order valence-corrected chi connectivity index (χ3v) is 5.04. The van der Waals surface area contributed by atoms with E-state index in [9.17, 15) is 18.4 Å². The summed E-state index contributed by atoms with van der Waals surface area (Å²) in [5, 5.41) is 2.03. The molecule has 0 aliphatic rings. The maximum atomic E-state index is 13.7. The van der Waals surface area contributed by atoms with Crippen LogP contribution in [0.1, 0.15) is 35.5 Å². The third-order valence-electron chi connectivity index (χ3n) is 4.17. The molecule has 0 spiro atoms. The molecular weight excluding hydrogens is 398 g/mol. The number of rotatable bonds is 6. The van der Waals surface area contributed by atoms with Gasteiger partial charge < -0.3 is 4.74 Å². The number of carbonyl (C=O) groups excluding carboxylic acids is 2. The van der Waals surface area contributed by atoms with Crippen molar-refractivity contribution in [3.8, 4) is 0 Å². The van der Waals surface area contributed by atoms with Crippen molar-refractivity contribution in [1.82, 2.24) is 4.98 Å². The number of halogens is 2. The number of nitrogens with zero attached hydrogens (tertiary/aromatic N) is 2. The second-order valence-electron chi connectivity index (χ2n) is 6.17. The molecule has 8 heteroatoms. The molecule has 3 aromatic rings. The Bertz CT molecular complexity index is 1010. The van der Waals surface area contributed by atoms with E-state index in [1.165, 1.54) is 23.2 Å². The molecule has 0 bridgehead atoms. The van der Waals surface area contributed by atoms with E-state index in [2.05, 4.69) is 4.98 Å². The number of hydrogen-bond acceptors (Lipinski definition) is 5. The van der Waals surface area contributed by atoms with Gasteiger partial charge in [-0.2, -0.15) is 0 Å². The number of amides is 1. The molecule has 0 aliphatic carbocycles. The average Bonchev–Trinajstić information content (AvgIpc) is 3.15. The van der Waals surface area contributed by atoms with Crippen LogP contribution >= 0.6 is 11.3 Å². The SMILES string of the molecule is CCc1ccc(N(C(C)=O)c2nc(COC(=O)c3c(F)cccc3F)cs2)cc1. The van der Waals surface area contributed by atoms with E-state index in [4.69, 9.17) is 4.74 Å². The zero-order chi connectivity index (χ0) is 21.0. The zero-order valence-electron chi connectivity index (χ0n) is 15.8. The number of aromatic nitrogens is 1. The van der Waals surface area contributed by atoms with Crippen LogP contribution in [0.2, 0.25) is 0 Å². The van der Waals surface area contributed by atoms with E-state index in [0.29, 0.717) is 16.5 Å². The summed E-state index contributed by atoms with van der Waals surface area (Å²) in [6, 6.07) is 10.7. The first-order chi connectivity index (χ1) is 13.9. The number of thiazole rings is 1. The number of esters is 1. The summed E-state index contributed by atoms with van der Waals surface area (Å²) >= 11 is 1.20. The van der Waals surface area contributed by atoms with Crippen LogP contribution in [0.25, 0.3) is 0 Å². The lowest BCUT2D eigenvalue weighted by Gasteiger charge is -2.18. The van der Waals surface area contributed by atoms with Crippen molar-refractivity contribution in [1.29, 1.82) is 0 Å². The summed E-state index contributed by atoms with van der Waals surface area (Å²) in [5.41, 5.74) is 1.43. The fourth-order valence-corrected chi connectivity index (χ4v) is 3.55. The zero-order valence-corrected chi connectivity index (χ0v) is 16.6. The van der Waals surface area contributed by atoms with Gasteiger partial charge in [0.05, 0.1) is 11.4 Å². The Balaban J connectivity index is 1.74. The number of aryl methyl sites for hydroxylation is 1. The number of carbonyl (C=O) groups is 2. The van der Waals surface area contributed by atoms with Gasteiger partial charge in [-0.05, 0) is 36.2 Å². The molecule has 1 amide bonds. The maximum Gasteiger partial charge on any atom is 0.344 e. The Morgan fingerprint density at radius 3 is 2.34 bits per heavy atom. The number of hydrogen-bond donors (Lipinski definition) is 0. The van der Waals surface area contributed by atoms with Gasteiger partial charge in [-0.1, -0.05) is 25.1 Å². The molecule has 29 heavy (non-hydrogen) atoms. The Kier molecular flexibility index (Phi) is 6.33. The van der Waals surface area contributed by atoms with Crippen LogP contribution < -0.4 is 4.90 Å². The first-order valence-electron chi connectivity index (χ1n) is 8.86. The fraction of sp³-hybridized carbons (Fsp3) is 0.190. The quantitative estimate of drug-likeness (QED) is 0.529. The van der Waals surface area contributed by atoms with Gasteiger partial charge in [-0.3, -0.25) is 9.69 Å². The molecule has 1 aromatic heterocycles. The highest BCUT2D eigenvalue weighted by molar-refractivity contribution is 7.14. The van der Waals surface area contributed by atoms with Gasteiger partial charge in [0.25, 0.3) is 0 Å². The van der Waals surface area contributed by atoms with Crippen molar-refractivity contribution < 1.29 is 23.1 Å². The van der Waals surface area contributed by atoms with Gasteiger partial charge in [0.15, 0.2) is 5.13 Å². The number of benzene rings is 2. The van der Waals surface area contributed by atoms with Crippen molar-refractivity contribution in [2.24, 2.45) is 0 Å². The lowest BCUT2D eigenvalue weighted by Crippen LogP contribution is -2.22. The highest BCUT2D eigenvalue weighted by Crippen LogP contribution is 2.29. The molecule has 1 heterocycles. The molecule has 5 nitrogen and oxygen atoms in total. The minimum Gasteiger partial charge on any atom is -0.455 e. The van der Waals surface area contributed by atoms with E-state index in [1.807, 2.05) is 31.2 Å². The maximum absolute atomic E-state index is 13.7. The Hall–Kier alpha value is -3.13. The average molecular weight is 416 g/mol. The van der Waals surface area contributed by atoms with Gasteiger partial charge in [0, 0.05) is 12.3 Å². The molecular formula is C21H18F2N2O3S. The predicted molar refractivity (Wildman–Crippen MR) is 106 cm³/mol. The van der Waals surface area contributed by atoms with Crippen molar-refractivity contribution in [3.63, 3.8) is 0 Å². The molecule has 0 unspecified atom stereocenters. The molecule has 0 aliphatic heterocycles. The number of anilines is 2. The van der Waals surface area contributed by atoms with Crippen LogP contribution in [0.15, 0.2) is 47.8 Å². The van der Waals surface area contributed by atoms with Crippen LogP contribution in [-0.2, 0) is 22.6 Å². The highest BCUT2D eigenvalue weighted by Gasteiger charge is 2.21. The van der Waals surface area contributed by atoms with Crippen molar-refractivity contribution in [2.75, 3.05) is 4.90 Å². The topological polar surface area (TPSA) is 59.5 Å². The normalized spacial score (nSPS) is 10.6. The first-order valence-corrected chi connectivity index (χ1v) is 9.73. The van der Waals surface area contributed by atoms with E-state index < -0.39 is 23.2 Å². The monoisotopic (exact) mass is 416 g/mol. The molecule has 0 atom stereocenters. The fourth-order valence-electron chi connectivity index (χ4n) is 2.68. The van der Waals surface area contributed by atoms with Crippen molar-refractivity contribution >= 4 is 34.0 Å². The van der Waals surface area contributed by atoms with Crippen LogP contribution in [0, 0.1) is 11.6 Å². The first kappa shape index (κ1) is 20.6. The summed E-state index contributed by atoms with van der Waals surface area (Å²) in [6.07, 6.45) is 0.885. The summed E-state index contributed by atoms with van der Waals surface area (Å²) in [4.78, 5) is 29.9. The van der Waals surface area contributed by atoms with E-state index in [-0.39, 0.29) is 12.5 Å². The molecule has 3 rings (SSSR count). The van der Waals surface area contributed by atoms with Gasteiger partial charge in [0.2, 0.25) is 5.91 Å². The minimum atomic E-state index is -1.12. The predicted octanol–water partition coefficient (Wildman–Crippen LogP) is 5.03. The van der Waals surface area contributed by atoms with E-state index in [1.54, 1.807) is 5.38 Å². The summed E-state index contributed by atoms with van der Waals surface area (Å²) in [5.74, 6) is -3.33. The largest absolute Gasteiger partial charge is 0.455 e. The molecule has 0 radical (unpaired) electrons. The van der Waals surface area contributed by atoms with Gasteiger partial charge in [-0.25, -0.2) is 18.6 Å². The van der Waals surface area contributed by atoms with E-state index in [0.717, 1.165) is 30.2 Å². The molecule has 150 valence electrons. The second-order valence-corrected chi connectivity index (χ2v) is 7.01. The molecule has 2 aromatic carbocycles. The van der Waals surface area contributed by atoms with Gasteiger partial charge >= 0.3 is 5.97 Å². The van der Waals surface area contributed by atoms with Crippen LogP contribution in [0.3, 0.4) is 0 Å². The third kappa shape index (κ3) is 4.65. The molecule has 0 N–H and O–H groups in total. The minimum absolute atomic E-state index is 0.222. The molecule has 0 saturated heterocycles. The highest BCUT2D eigenvalue weighted by atomic mass is 32.1.